The molecule has 0 radical (unpaired) electrons. The van der Waals surface area contributed by atoms with E-state index in [9.17, 15) is 0 Å². The van der Waals surface area contributed by atoms with Crippen LogP contribution in [0.2, 0.25) is 5.02 Å². The predicted molar refractivity (Wildman–Crippen MR) is 152 cm³/mol. The molecule has 2 aromatic carbocycles. The van der Waals surface area contributed by atoms with Crippen molar-refractivity contribution in [3.05, 3.63) is 47.6 Å². The number of nitrogens with zero attached hydrogens (tertiary/aromatic N) is 4. The molecule has 0 unspecified atom stereocenters. The molecule has 8 rings (SSSR count). The van der Waals surface area contributed by atoms with Gasteiger partial charge < -0.3 is 19.9 Å². The van der Waals surface area contributed by atoms with Crippen LogP contribution in [0.25, 0.3) is 32.9 Å². The fourth-order valence-corrected chi connectivity index (χ4v) is 7.84. The summed E-state index contributed by atoms with van der Waals surface area (Å²) in [5.41, 5.74) is 4.29. The topological polar surface area (TPSA) is 69.3 Å². The Kier molecular flexibility index (Phi) is 5.36. The van der Waals surface area contributed by atoms with Crippen LogP contribution < -0.4 is 15.0 Å². The first kappa shape index (κ1) is 23.1. The third-order valence-electron chi connectivity index (χ3n) is 9.42. The summed E-state index contributed by atoms with van der Waals surface area (Å²) in [6.07, 6.45) is 9.44. The number of fused-ring (bicyclic) bond motifs is 5. The molecule has 4 fully saturated rings. The number of ether oxygens (including phenoxy) is 1. The fourth-order valence-electron chi connectivity index (χ4n) is 7.56. The molecule has 4 aliphatic heterocycles. The van der Waals surface area contributed by atoms with Gasteiger partial charge in [0.05, 0.1) is 16.1 Å². The first-order chi connectivity index (χ1) is 18.6. The van der Waals surface area contributed by atoms with Crippen LogP contribution in [0.3, 0.4) is 0 Å². The maximum atomic E-state index is 6.62. The molecule has 38 heavy (non-hydrogen) atoms. The highest BCUT2D eigenvalue weighted by molar-refractivity contribution is 6.36. The highest BCUT2D eigenvalue weighted by Gasteiger charge is 2.45. The standard InChI is InChI=1S/C30H33ClN6O/c31-24-4-1-5-25-27(24)23(15-32-25)19-6-9-22-26(14-19)34-29(38-18-30-10-2-12-37(30)13-3-11-30)35-28(22)36-16-20-7-8-21(17-36)33-20/h1,4-6,9,14-15,20-21,32-33H,2-3,7-8,10-13,16-18H2/t20-,21+. The van der Waals surface area contributed by atoms with E-state index in [2.05, 4.69) is 44.4 Å². The molecule has 0 amide bonds. The lowest BCUT2D eigenvalue weighted by molar-refractivity contribution is 0.108. The second-order valence-corrected chi connectivity index (χ2v) is 12.1. The van der Waals surface area contributed by atoms with Crippen LogP contribution in [0.4, 0.5) is 5.82 Å². The van der Waals surface area contributed by atoms with Crippen LogP contribution in [0.1, 0.15) is 38.5 Å². The molecule has 4 saturated heterocycles. The fraction of sp³-hybridized carbons (Fsp3) is 0.467. The number of halogens is 1. The average molecular weight is 529 g/mol. The summed E-state index contributed by atoms with van der Waals surface area (Å²) in [5.74, 6) is 0.999. The summed E-state index contributed by atoms with van der Waals surface area (Å²) in [6.45, 7) is 4.99. The molecule has 2 atom stereocenters. The van der Waals surface area contributed by atoms with Crippen molar-refractivity contribution in [3.63, 3.8) is 0 Å². The minimum absolute atomic E-state index is 0.162. The van der Waals surface area contributed by atoms with Gasteiger partial charge in [-0.25, -0.2) is 0 Å². The number of aromatic amines is 1. The van der Waals surface area contributed by atoms with Crippen LogP contribution in [-0.2, 0) is 0 Å². The first-order valence-electron chi connectivity index (χ1n) is 14.1. The van der Waals surface area contributed by atoms with E-state index in [4.69, 9.17) is 26.3 Å². The van der Waals surface area contributed by atoms with Gasteiger partial charge >= 0.3 is 6.01 Å². The molecule has 4 aromatic rings. The van der Waals surface area contributed by atoms with E-state index in [1.165, 1.54) is 51.6 Å². The number of hydrogen-bond acceptors (Lipinski definition) is 6. The van der Waals surface area contributed by atoms with Crippen molar-refractivity contribution in [2.75, 3.05) is 37.7 Å². The lowest BCUT2D eigenvalue weighted by Crippen LogP contribution is -2.51. The van der Waals surface area contributed by atoms with Crippen molar-refractivity contribution >= 4 is 39.2 Å². The van der Waals surface area contributed by atoms with Gasteiger partial charge in [0.2, 0.25) is 0 Å². The van der Waals surface area contributed by atoms with Crippen molar-refractivity contribution in [1.82, 2.24) is 25.2 Å². The summed E-state index contributed by atoms with van der Waals surface area (Å²) in [4.78, 5) is 18.5. The Morgan fingerprint density at radius 3 is 2.66 bits per heavy atom. The summed E-state index contributed by atoms with van der Waals surface area (Å²) in [5, 5.41) is 6.62. The second-order valence-electron chi connectivity index (χ2n) is 11.7. The lowest BCUT2D eigenvalue weighted by atomic mass is 9.95. The van der Waals surface area contributed by atoms with Crippen molar-refractivity contribution in [1.29, 1.82) is 0 Å². The molecule has 6 heterocycles. The number of anilines is 1. The summed E-state index contributed by atoms with van der Waals surface area (Å²) in [7, 11) is 0. The zero-order valence-electron chi connectivity index (χ0n) is 21.5. The second kappa shape index (κ2) is 8.83. The van der Waals surface area contributed by atoms with Gasteiger partial charge in [-0.05, 0) is 81.4 Å². The van der Waals surface area contributed by atoms with Crippen molar-refractivity contribution < 1.29 is 4.74 Å². The molecule has 2 aromatic heterocycles. The normalized spacial score (nSPS) is 24.5. The summed E-state index contributed by atoms with van der Waals surface area (Å²) in [6, 6.07) is 14.1. The van der Waals surface area contributed by atoms with Gasteiger partial charge in [0.25, 0.3) is 0 Å². The molecular weight excluding hydrogens is 496 g/mol. The number of nitrogens with one attached hydrogen (secondary N) is 2. The van der Waals surface area contributed by atoms with Crippen LogP contribution in [0.5, 0.6) is 6.01 Å². The molecule has 0 spiro atoms. The molecule has 196 valence electrons. The van der Waals surface area contributed by atoms with Crippen molar-refractivity contribution in [3.8, 4) is 17.1 Å². The van der Waals surface area contributed by atoms with E-state index < -0.39 is 0 Å². The number of rotatable bonds is 5. The smallest absolute Gasteiger partial charge is 0.319 e. The van der Waals surface area contributed by atoms with E-state index in [1.807, 2.05) is 18.3 Å². The third-order valence-corrected chi connectivity index (χ3v) is 9.73. The average Bonchev–Trinajstić information content (AvgIpc) is 3.70. The van der Waals surface area contributed by atoms with Gasteiger partial charge in [-0.15, -0.1) is 0 Å². The number of H-pyrrole nitrogens is 1. The SMILES string of the molecule is Clc1cccc2[nH]cc(-c3ccc4c(N5C[C@H]6CC[C@@H](C5)N6)nc(OCC56CCCN5CCC6)nc4c3)c12. The van der Waals surface area contributed by atoms with Crippen LogP contribution >= 0.6 is 11.6 Å². The zero-order valence-corrected chi connectivity index (χ0v) is 22.3. The molecule has 4 aliphatic rings. The Morgan fingerprint density at radius 1 is 1.03 bits per heavy atom. The predicted octanol–water partition coefficient (Wildman–Crippen LogP) is 5.38. The molecule has 2 bridgehead atoms. The number of benzene rings is 2. The number of piperazine rings is 1. The molecule has 0 saturated carbocycles. The van der Waals surface area contributed by atoms with E-state index in [0.717, 1.165) is 56.9 Å². The Hall–Kier alpha value is -2.87. The summed E-state index contributed by atoms with van der Waals surface area (Å²) < 4.78 is 6.49. The molecule has 8 heteroatoms. The van der Waals surface area contributed by atoms with Gasteiger partial charge in [0.15, 0.2) is 0 Å². The lowest BCUT2D eigenvalue weighted by Gasteiger charge is -2.34. The first-order valence-corrected chi connectivity index (χ1v) is 14.5. The zero-order chi connectivity index (χ0) is 25.3. The summed E-state index contributed by atoms with van der Waals surface area (Å²) >= 11 is 6.62. The highest BCUT2D eigenvalue weighted by Crippen LogP contribution is 2.40. The Labute approximate surface area is 227 Å². The third kappa shape index (κ3) is 3.70. The number of hydrogen-bond donors (Lipinski definition) is 2. The number of aromatic nitrogens is 3. The maximum absolute atomic E-state index is 6.62. The molecule has 2 N–H and O–H groups in total. The van der Waals surface area contributed by atoms with E-state index in [1.54, 1.807) is 0 Å². The van der Waals surface area contributed by atoms with E-state index >= 15 is 0 Å². The van der Waals surface area contributed by atoms with Gasteiger partial charge in [0, 0.05) is 53.2 Å². The van der Waals surface area contributed by atoms with Crippen molar-refractivity contribution in [2.45, 2.75) is 56.1 Å². The van der Waals surface area contributed by atoms with Crippen LogP contribution in [0, 0.1) is 0 Å². The minimum atomic E-state index is 0.162. The van der Waals surface area contributed by atoms with E-state index in [0.29, 0.717) is 24.7 Å². The Bertz CT molecular complexity index is 1510. The van der Waals surface area contributed by atoms with Gasteiger partial charge in [-0.1, -0.05) is 23.7 Å². The quantitative estimate of drug-likeness (QED) is 0.362. The Balaban J connectivity index is 1.21. The maximum Gasteiger partial charge on any atom is 0.319 e. The molecule has 7 nitrogen and oxygen atoms in total. The van der Waals surface area contributed by atoms with E-state index in [-0.39, 0.29) is 5.54 Å². The Morgan fingerprint density at radius 2 is 1.84 bits per heavy atom. The minimum Gasteiger partial charge on any atom is -0.461 e. The monoisotopic (exact) mass is 528 g/mol. The van der Waals surface area contributed by atoms with Crippen LogP contribution in [-0.4, -0.2) is 70.3 Å². The molecular formula is C30H33ClN6O. The largest absolute Gasteiger partial charge is 0.461 e. The van der Waals surface area contributed by atoms with Crippen LogP contribution in [0.15, 0.2) is 42.6 Å². The van der Waals surface area contributed by atoms with Gasteiger partial charge in [-0.3, -0.25) is 4.90 Å². The van der Waals surface area contributed by atoms with Gasteiger partial charge in [-0.2, -0.15) is 9.97 Å². The highest BCUT2D eigenvalue weighted by atomic mass is 35.5. The molecule has 0 aliphatic carbocycles. The van der Waals surface area contributed by atoms with Crippen molar-refractivity contribution in [2.24, 2.45) is 0 Å². The van der Waals surface area contributed by atoms with Gasteiger partial charge in [0.1, 0.15) is 12.4 Å².